The second-order valence-corrected chi connectivity index (χ2v) is 9.37. The van der Waals surface area contributed by atoms with Gasteiger partial charge in [-0.1, -0.05) is 12.1 Å². The number of likely N-dealkylation sites (N-methyl/N-ethyl adjacent to an activating group) is 1. The molecule has 3 rings (SSSR count). The number of carbonyl (C=O) groups is 2. The normalized spacial score (nSPS) is 13.2. The van der Waals surface area contributed by atoms with Crippen molar-refractivity contribution >= 4 is 27.5 Å². The smallest absolute Gasteiger partial charge is 0.244 e. The predicted octanol–water partition coefficient (Wildman–Crippen LogP) is 1.35. The molecule has 11 heteroatoms. The van der Waals surface area contributed by atoms with Crippen LogP contribution in [0.4, 0.5) is 5.69 Å². The van der Waals surface area contributed by atoms with Gasteiger partial charge in [0.25, 0.3) is 0 Å². The van der Waals surface area contributed by atoms with Crippen LogP contribution in [0.15, 0.2) is 42.5 Å². The highest BCUT2D eigenvalue weighted by molar-refractivity contribution is 7.92. The molecular formula is C22H27N3O7S. The molecule has 1 aliphatic heterocycles. The molecule has 1 aliphatic rings. The lowest BCUT2D eigenvalue weighted by Crippen LogP contribution is -2.50. The van der Waals surface area contributed by atoms with E-state index in [-0.39, 0.29) is 24.9 Å². The van der Waals surface area contributed by atoms with Crippen molar-refractivity contribution in [1.82, 2.24) is 10.2 Å². The number of anilines is 1. The zero-order valence-electron chi connectivity index (χ0n) is 18.9. The number of fused-ring (bicyclic) bond motifs is 1. The van der Waals surface area contributed by atoms with Crippen LogP contribution in [0.1, 0.15) is 12.5 Å². The lowest BCUT2D eigenvalue weighted by atomic mass is 10.1. The third-order valence-corrected chi connectivity index (χ3v) is 6.39. The minimum atomic E-state index is -3.82. The third kappa shape index (κ3) is 5.67. The van der Waals surface area contributed by atoms with E-state index in [1.165, 1.54) is 24.1 Å². The van der Waals surface area contributed by atoms with Crippen molar-refractivity contribution in [2.24, 2.45) is 0 Å². The number of hydrogen-bond acceptors (Lipinski definition) is 7. The topological polar surface area (TPSA) is 114 Å². The molecule has 0 aromatic heterocycles. The first kappa shape index (κ1) is 24.2. The number of methoxy groups -OCH3 is 1. The van der Waals surface area contributed by atoms with Crippen LogP contribution >= 0.6 is 0 Å². The lowest BCUT2D eigenvalue weighted by molar-refractivity contribution is -0.139. The highest BCUT2D eigenvalue weighted by Gasteiger charge is 2.30. The molecule has 0 spiro atoms. The molecule has 2 aromatic carbocycles. The second kappa shape index (κ2) is 9.99. The van der Waals surface area contributed by atoms with E-state index in [0.717, 1.165) is 16.1 Å². The number of nitrogens with one attached hydrogen (secondary N) is 1. The number of amides is 2. The number of ether oxygens (including phenoxy) is 3. The summed E-state index contributed by atoms with van der Waals surface area (Å²) in [6.45, 7) is 1.24. The molecule has 2 aromatic rings. The number of sulfonamides is 1. The van der Waals surface area contributed by atoms with Crippen LogP contribution in [-0.2, 0) is 26.2 Å². The van der Waals surface area contributed by atoms with Gasteiger partial charge < -0.3 is 24.4 Å². The van der Waals surface area contributed by atoms with Crippen molar-refractivity contribution in [3.05, 3.63) is 48.0 Å². The Hall–Kier alpha value is -3.47. The maximum absolute atomic E-state index is 13.4. The van der Waals surface area contributed by atoms with Gasteiger partial charge in [-0.15, -0.1) is 0 Å². The van der Waals surface area contributed by atoms with E-state index in [9.17, 15) is 18.0 Å². The fourth-order valence-electron chi connectivity index (χ4n) is 3.37. The summed E-state index contributed by atoms with van der Waals surface area (Å²) in [5.41, 5.74) is 1.01. The van der Waals surface area contributed by atoms with Crippen molar-refractivity contribution in [1.29, 1.82) is 0 Å². The summed E-state index contributed by atoms with van der Waals surface area (Å²) in [6, 6.07) is 10.9. The van der Waals surface area contributed by atoms with Crippen LogP contribution in [0.2, 0.25) is 0 Å². The van der Waals surface area contributed by atoms with E-state index in [4.69, 9.17) is 14.2 Å². The molecule has 0 saturated heterocycles. The molecule has 0 bridgehead atoms. The molecule has 0 aliphatic carbocycles. The van der Waals surface area contributed by atoms with Gasteiger partial charge in [-0.2, -0.15) is 0 Å². The Morgan fingerprint density at radius 3 is 2.39 bits per heavy atom. The standard InChI is InChI=1S/C22H27N3O7S/c1-15(22(27)23-2)24(12-16-5-8-18(30-3)9-6-16)21(26)13-25(33(4,28)29)17-7-10-19-20(11-17)32-14-31-19/h5-11,15H,12-14H2,1-4H3,(H,23,27)/t15-/m0/s1. The van der Waals surface area contributed by atoms with E-state index < -0.39 is 28.5 Å². The number of nitrogens with zero attached hydrogens (tertiary/aromatic N) is 2. The molecule has 1 atom stereocenters. The van der Waals surface area contributed by atoms with Crippen molar-refractivity contribution in [3.8, 4) is 17.2 Å². The van der Waals surface area contributed by atoms with Gasteiger partial charge in [0.05, 0.1) is 19.1 Å². The van der Waals surface area contributed by atoms with Crippen molar-refractivity contribution < 1.29 is 32.2 Å². The van der Waals surface area contributed by atoms with Gasteiger partial charge in [0.15, 0.2) is 11.5 Å². The Bertz CT molecular complexity index is 1120. The number of hydrogen-bond donors (Lipinski definition) is 1. The Kier molecular flexibility index (Phi) is 7.32. The fourth-order valence-corrected chi connectivity index (χ4v) is 4.21. The molecule has 0 unspecified atom stereocenters. The first-order valence-corrected chi connectivity index (χ1v) is 12.0. The summed E-state index contributed by atoms with van der Waals surface area (Å²) < 4.78 is 41.9. The molecule has 0 saturated carbocycles. The van der Waals surface area contributed by atoms with Crippen molar-refractivity contribution in [2.75, 3.05) is 38.1 Å². The number of benzene rings is 2. The summed E-state index contributed by atoms with van der Waals surface area (Å²) in [5.74, 6) is 0.633. The van der Waals surface area contributed by atoms with E-state index in [1.54, 1.807) is 44.4 Å². The molecular weight excluding hydrogens is 450 g/mol. The Labute approximate surface area is 193 Å². The van der Waals surface area contributed by atoms with Crippen LogP contribution in [0.3, 0.4) is 0 Å². The Morgan fingerprint density at radius 2 is 1.79 bits per heavy atom. The highest BCUT2D eigenvalue weighted by atomic mass is 32.2. The molecule has 33 heavy (non-hydrogen) atoms. The van der Waals surface area contributed by atoms with Crippen LogP contribution < -0.4 is 23.8 Å². The van der Waals surface area contributed by atoms with Gasteiger partial charge in [-0.05, 0) is 36.8 Å². The molecule has 1 N–H and O–H groups in total. The average Bonchev–Trinajstić information content (AvgIpc) is 3.27. The quantitative estimate of drug-likeness (QED) is 0.580. The number of rotatable bonds is 9. The highest BCUT2D eigenvalue weighted by Crippen LogP contribution is 2.36. The van der Waals surface area contributed by atoms with Gasteiger partial charge in [-0.3, -0.25) is 13.9 Å². The predicted molar refractivity (Wildman–Crippen MR) is 122 cm³/mol. The molecule has 0 fully saturated rings. The van der Waals surface area contributed by atoms with Gasteiger partial charge in [0, 0.05) is 19.7 Å². The lowest BCUT2D eigenvalue weighted by Gasteiger charge is -2.31. The summed E-state index contributed by atoms with van der Waals surface area (Å²) in [6.07, 6.45) is 1.01. The average molecular weight is 478 g/mol. The second-order valence-electron chi connectivity index (χ2n) is 7.47. The molecule has 0 radical (unpaired) electrons. The summed E-state index contributed by atoms with van der Waals surface area (Å²) >= 11 is 0. The summed E-state index contributed by atoms with van der Waals surface area (Å²) in [7, 11) is -0.798. The molecule has 2 amide bonds. The molecule has 178 valence electrons. The third-order valence-electron chi connectivity index (χ3n) is 5.25. The maximum Gasteiger partial charge on any atom is 0.244 e. The fraction of sp³-hybridized carbons (Fsp3) is 0.364. The first-order chi connectivity index (χ1) is 15.6. The van der Waals surface area contributed by atoms with E-state index >= 15 is 0 Å². The monoisotopic (exact) mass is 477 g/mol. The summed E-state index contributed by atoms with van der Waals surface area (Å²) in [4.78, 5) is 27.0. The van der Waals surface area contributed by atoms with Crippen molar-refractivity contribution in [3.63, 3.8) is 0 Å². The minimum absolute atomic E-state index is 0.0376. The largest absolute Gasteiger partial charge is 0.497 e. The van der Waals surface area contributed by atoms with Crippen LogP contribution in [0, 0.1) is 0 Å². The van der Waals surface area contributed by atoms with Gasteiger partial charge >= 0.3 is 0 Å². The molecule has 10 nitrogen and oxygen atoms in total. The van der Waals surface area contributed by atoms with Crippen molar-refractivity contribution in [2.45, 2.75) is 19.5 Å². The Morgan fingerprint density at radius 1 is 1.12 bits per heavy atom. The van der Waals surface area contributed by atoms with Gasteiger partial charge in [0.2, 0.25) is 28.6 Å². The SMILES string of the molecule is CNC(=O)[C@H](C)N(Cc1ccc(OC)cc1)C(=O)CN(c1ccc2c(c1)OCO2)S(C)(=O)=O. The Balaban J connectivity index is 1.89. The summed E-state index contributed by atoms with van der Waals surface area (Å²) in [5, 5.41) is 2.53. The van der Waals surface area contributed by atoms with E-state index in [2.05, 4.69) is 5.32 Å². The maximum atomic E-state index is 13.4. The zero-order valence-corrected chi connectivity index (χ0v) is 19.7. The number of carbonyl (C=O) groups excluding carboxylic acids is 2. The van der Waals surface area contributed by atoms with E-state index in [1.807, 2.05) is 0 Å². The zero-order chi connectivity index (χ0) is 24.2. The minimum Gasteiger partial charge on any atom is -0.497 e. The van der Waals surface area contributed by atoms with Crippen LogP contribution in [-0.4, -0.2) is 64.9 Å². The first-order valence-electron chi connectivity index (χ1n) is 10.2. The van der Waals surface area contributed by atoms with Crippen LogP contribution in [0.5, 0.6) is 17.2 Å². The van der Waals surface area contributed by atoms with E-state index in [0.29, 0.717) is 17.2 Å². The van der Waals surface area contributed by atoms with Gasteiger partial charge in [-0.25, -0.2) is 8.42 Å². The molecule has 1 heterocycles. The van der Waals surface area contributed by atoms with Gasteiger partial charge in [0.1, 0.15) is 18.3 Å². The van der Waals surface area contributed by atoms with Crippen LogP contribution in [0.25, 0.3) is 0 Å².